The van der Waals surface area contributed by atoms with Gasteiger partial charge in [-0.15, -0.1) is 0 Å². The largest absolute Gasteiger partial charge is 0.382 e. The number of benzene rings is 6. The molecule has 0 aliphatic heterocycles. The molecule has 0 bridgehead atoms. The number of aliphatic hydroxyl groups is 1. The quantitative estimate of drug-likeness (QED) is 0.144. The topological polar surface area (TPSA) is 45.5 Å². The Kier molecular flexibility index (Phi) is 8.62. The third kappa shape index (κ3) is 6.05. The molecule has 0 fully saturated rings. The maximum atomic E-state index is 12.2. The average molecular weight is 695 g/mol. The zero-order valence-electron chi connectivity index (χ0n) is 32.5. The van der Waals surface area contributed by atoms with Gasteiger partial charge in [0, 0.05) is 27.9 Å². The van der Waals surface area contributed by atoms with Gasteiger partial charge in [0.1, 0.15) is 6.10 Å². The number of pyridine rings is 1. The van der Waals surface area contributed by atoms with Gasteiger partial charge < -0.3 is 5.11 Å². The molecule has 6 aromatic carbocycles. The van der Waals surface area contributed by atoms with Crippen LogP contribution in [0.15, 0.2) is 114 Å². The molecule has 0 spiro atoms. The van der Waals surface area contributed by atoms with Gasteiger partial charge in [-0.2, -0.15) is 0 Å². The van der Waals surface area contributed by atoms with E-state index >= 15 is 0 Å². The Morgan fingerprint density at radius 1 is 0.623 bits per heavy atom. The van der Waals surface area contributed by atoms with E-state index in [0.717, 1.165) is 60.4 Å². The summed E-state index contributed by atoms with van der Waals surface area (Å²) in [4.78, 5) is 10.3. The zero-order chi connectivity index (χ0) is 37.3. The predicted octanol–water partition coefficient (Wildman–Crippen LogP) is 13.7. The van der Waals surface area contributed by atoms with E-state index in [1.807, 2.05) is 6.20 Å². The van der Waals surface area contributed by atoms with E-state index in [1.54, 1.807) is 0 Å². The van der Waals surface area contributed by atoms with Gasteiger partial charge in [0.15, 0.2) is 0 Å². The fraction of sp³-hybridized carbons (Fsp3) is 0.280. The first-order valence-electron chi connectivity index (χ1n) is 19.2. The van der Waals surface area contributed by atoms with Crippen molar-refractivity contribution < 1.29 is 5.11 Å². The summed E-state index contributed by atoms with van der Waals surface area (Å²) in [6.45, 7) is 20.4. The minimum absolute atomic E-state index is 0.0211. The first kappa shape index (κ1) is 34.9. The number of hydrogen-bond donors (Lipinski definition) is 1. The van der Waals surface area contributed by atoms with Crippen LogP contribution >= 0.6 is 0 Å². The van der Waals surface area contributed by atoms with Crippen molar-refractivity contribution in [2.45, 2.75) is 91.6 Å². The Labute approximate surface area is 314 Å². The van der Waals surface area contributed by atoms with Gasteiger partial charge in [-0.3, -0.25) is 4.98 Å². The second-order valence-electron chi connectivity index (χ2n) is 17.0. The van der Waals surface area contributed by atoms with E-state index in [-0.39, 0.29) is 5.41 Å². The average Bonchev–Trinajstić information content (AvgIpc) is 3.14. The highest BCUT2D eigenvalue weighted by molar-refractivity contribution is 6.16. The van der Waals surface area contributed by atoms with Crippen LogP contribution in [0.25, 0.3) is 54.7 Å². The lowest BCUT2D eigenvalue weighted by molar-refractivity contribution is 0.248. The van der Waals surface area contributed by atoms with E-state index in [9.17, 15) is 5.11 Å². The van der Waals surface area contributed by atoms with Gasteiger partial charge in [0.25, 0.3) is 0 Å². The van der Waals surface area contributed by atoms with Crippen LogP contribution in [0.4, 0.5) is 5.69 Å². The smallest absolute Gasteiger partial charge is 0.122 e. The van der Waals surface area contributed by atoms with Gasteiger partial charge in [0.05, 0.1) is 16.9 Å². The minimum Gasteiger partial charge on any atom is -0.382 e. The summed E-state index contributed by atoms with van der Waals surface area (Å²) in [6.07, 6.45) is 1.14. The summed E-state index contributed by atoms with van der Waals surface area (Å²) in [5.41, 5.74) is 14.4. The first-order valence-corrected chi connectivity index (χ1v) is 19.2. The lowest BCUT2D eigenvalue weighted by Gasteiger charge is -2.28. The zero-order valence-corrected chi connectivity index (χ0v) is 32.5. The number of aliphatic hydroxyl groups excluding tert-OH is 1. The molecule has 53 heavy (non-hydrogen) atoms. The van der Waals surface area contributed by atoms with E-state index in [0.29, 0.717) is 23.5 Å². The third-order valence-electron chi connectivity index (χ3n) is 11.3. The van der Waals surface area contributed by atoms with Crippen molar-refractivity contribution in [2.24, 2.45) is 4.99 Å². The summed E-state index contributed by atoms with van der Waals surface area (Å²) >= 11 is 0. The molecule has 1 unspecified atom stereocenters. The third-order valence-corrected chi connectivity index (χ3v) is 11.3. The van der Waals surface area contributed by atoms with E-state index in [4.69, 9.17) is 9.98 Å². The van der Waals surface area contributed by atoms with Crippen LogP contribution in [0.3, 0.4) is 0 Å². The number of hydrogen-bond acceptors (Lipinski definition) is 3. The molecule has 1 aliphatic carbocycles. The number of nitrogens with zero attached hydrogens (tertiary/aromatic N) is 2. The van der Waals surface area contributed by atoms with Crippen LogP contribution in [-0.4, -0.2) is 15.8 Å². The number of rotatable bonds is 5. The second-order valence-corrected chi connectivity index (χ2v) is 17.0. The summed E-state index contributed by atoms with van der Waals surface area (Å²) < 4.78 is 0. The van der Waals surface area contributed by atoms with E-state index in [2.05, 4.69) is 165 Å². The highest BCUT2D eigenvalue weighted by Crippen LogP contribution is 2.45. The van der Waals surface area contributed by atoms with Gasteiger partial charge in [0.2, 0.25) is 0 Å². The maximum absolute atomic E-state index is 12.2. The van der Waals surface area contributed by atoms with Crippen LogP contribution in [0, 0.1) is 0 Å². The van der Waals surface area contributed by atoms with Crippen LogP contribution in [0.1, 0.15) is 120 Å². The molecule has 1 aromatic heterocycles. The van der Waals surface area contributed by atoms with Crippen molar-refractivity contribution in [1.29, 1.82) is 0 Å². The lowest BCUT2D eigenvalue weighted by Crippen LogP contribution is -2.20. The Morgan fingerprint density at radius 2 is 1.30 bits per heavy atom. The van der Waals surface area contributed by atoms with E-state index < -0.39 is 6.10 Å². The van der Waals surface area contributed by atoms with Crippen molar-refractivity contribution in [3.8, 4) is 22.3 Å². The predicted molar refractivity (Wildman–Crippen MR) is 226 cm³/mol. The van der Waals surface area contributed by atoms with Crippen molar-refractivity contribution in [2.75, 3.05) is 0 Å². The minimum atomic E-state index is -0.875. The Hall–Kier alpha value is -5.12. The molecule has 1 atom stereocenters. The van der Waals surface area contributed by atoms with Gasteiger partial charge in [-0.25, -0.2) is 4.99 Å². The molecule has 8 rings (SSSR count). The Bertz CT molecular complexity index is 2570. The fourth-order valence-corrected chi connectivity index (χ4v) is 8.15. The highest BCUT2D eigenvalue weighted by atomic mass is 16.3. The Morgan fingerprint density at radius 3 is 1.98 bits per heavy atom. The molecule has 0 radical (unpaired) electrons. The molecule has 1 N–H and O–H groups in total. The molecule has 7 aromatic rings. The summed E-state index contributed by atoms with van der Waals surface area (Å²) in [5, 5.41) is 17.8. The molecular formula is C50H50N2O. The first-order chi connectivity index (χ1) is 25.3. The van der Waals surface area contributed by atoms with Crippen LogP contribution in [-0.2, 0) is 5.41 Å². The fourth-order valence-electron chi connectivity index (χ4n) is 8.15. The Balaban J connectivity index is 1.28. The normalized spacial score (nSPS) is 15.3. The second kappa shape index (κ2) is 13.1. The van der Waals surface area contributed by atoms with Crippen molar-refractivity contribution in [3.05, 3.63) is 143 Å². The van der Waals surface area contributed by atoms with Crippen molar-refractivity contribution in [1.82, 2.24) is 4.98 Å². The molecule has 1 heterocycles. The highest BCUT2D eigenvalue weighted by Gasteiger charge is 2.30. The maximum Gasteiger partial charge on any atom is 0.122 e. The van der Waals surface area contributed by atoms with Crippen LogP contribution in [0.5, 0.6) is 0 Å². The van der Waals surface area contributed by atoms with Crippen LogP contribution < -0.4 is 0 Å². The van der Waals surface area contributed by atoms with Crippen molar-refractivity contribution >= 4 is 43.8 Å². The van der Waals surface area contributed by atoms with E-state index in [1.165, 1.54) is 33.4 Å². The molecule has 0 amide bonds. The van der Waals surface area contributed by atoms with Crippen LogP contribution in [0.2, 0.25) is 0 Å². The van der Waals surface area contributed by atoms with Gasteiger partial charge in [-0.05, 0) is 114 Å². The number of aliphatic imine (C=N–C) groups is 1. The number of aromatic nitrogens is 1. The lowest BCUT2D eigenvalue weighted by atomic mass is 9.78. The van der Waals surface area contributed by atoms with Crippen molar-refractivity contribution in [3.63, 3.8) is 0 Å². The summed E-state index contributed by atoms with van der Waals surface area (Å²) in [6, 6.07) is 37.3. The van der Waals surface area contributed by atoms with Gasteiger partial charge in [-0.1, -0.05) is 135 Å². The molecule has 0 saturated heterocycles. The molecule has 3 heteroatoms. The standard InChI is InChI=1S/C50H50N2O/c1-28(2)35-24-40(29(3)4)46(41(25-35)30(5)6)33-19-20-39-44(23-33)37-14-10-11-15-38(37)48(49(39)53)52-45-16-12-13-31-21-32-17-18-34-22-36(50(7,8)9)27-51-47(34)43(32)26-42(31)45/h10-30,49,53H,1-9H3. The SMILES string of the molecule is CC(C)c1cc(C(C)C)c(-c2ccc3c(c2)-c2ccccc2C(=Nc2cccc4cc5ccc6cc(C(C)(C)C)cnc6c5cc24)C3O)c(C(C)C)c1. The molecule has 0 saturated carbocycles. The summed E-state index contributed by atoms with van der Waals surface area (Å²) in [5.74, 6) is 1.21. The molecule has 3 nitrogen and oxygen atoms in total. The molecule has 1 aliphatic rings. The molecule has 266 valence electrons. The summed E-state index contributed by atoms with van der Waals surface area (Å²) in [7, 11) is 0. The molecular weight excluding hydrogens is 645 g/mol. The number of fused-ring (bicyclic) bond motifs is 7. The van der Waals surface area contributed by atoms with Gasteiger partial charge >= 0.3 is 0 Å². The monoisotopic (exact) mass is 694 g/mol.